The van der Waals surface area contributed by atoms with E-state index in [0.717, 1.165) is 19.3 Å². The Hall–Kier alpha value is -2.09. The molecule has 6 nitrogen and oxygen atoms in total. The molecule has 4 unspecified atom stereocenters. The Morgan fingerprint density at radius 3 is 2.53 bits per heavy atom. The topological polar surface area (TPSA) is 85.2 Å². The Bertz CT molecular complexity index is 619. The van der Waals surface area contributed by atoms with E-state index in [0.29, 0.717) is 32.3 Å². The summed E-state index contributed by atoms with van der Waals surface area (Å²) in [5.74, 6) is 10.2. The lowest BCUT2D eigenvalue weighted by molar-refractivity contribution is -0.140. The lowest BCUT2D eigenvalue weighted by Crippen LogP contribution is -2.40. The number of unbranched alkanes of at least 4 members (excludes halogenated alkanes) is 3. The summed E-state index contributed by atoms with van der Waals surface area (Å²) in [5, 5.41) is 19.9. The van der Waals surface area contributed by atoms with Gasteiger partial charge in [-0.15, -0.1) is 0 Å². The SMILES string of the molecule is C=CC(O)C#CC#CC=CC(OC)C(OCCCCC(=O)OC)C(O)CCCCC. The van der Waals surface area contributed by atoms with E-state index in [1.165, 1.54) is 13.2 Å². The third-order valence-electron chi connectivity index (χ3n) is 4.34. The van der Waals surface area contributed by atoms with Crippen LogP contribution in [0.15, 0.2) is 24.8 Å². The van der Waals surface area contributed by atoms with E-state index in [1.807, 2.05) is 0 Å². The van der Waals surface area contributed by atoms with Crippen molar-refractivity contribution in [2.45, 2.75) is 76.3 Å². The lowest BCUT2D eigenvalue weighted by Gasteiger charge is -2.28. The van der Waals surface area contributed by atoms with Crippen molar-refractivity contribution in [3.05, 3.63) is 24.8 Å². The molecule has 0 aliphatic carbocycles. The summed E-state index contributed by atoms with van der Waals surface area (Å²) < 4.78 is 16.1. The minimum atomic E-state index is -0.898. The van der Waals surface area contributed by atoms with Gasteiger partial charge in [0.25, 0.3) is 0 Å². The van der Waals surface area contributed by atoms with E-state index in [4.69, 9.17) is 9.47 Å². The molecule has 0 heterocycles. The molecule has 4 atom stereocenters. The summed E-state index contributed by atoms with van der Waals surface area (Å²) in [6.45, 7) is 5.94. The monoisotopic (exact) mass is 420 g/mol. The molecule has 0 amide bonds. The molecule has 168 valence electrons. The van der Waals surface area contributed by atoms with Gasteiger partial charge in [-0.25, -0.2) is 0 Å². The van der Waals surface area contributed by atoms with Gasteiger partial charge in [-0.2, -0.15) is 0 Å². The predicted octanol–water partition coefficient (Wildman–Crippen LogP) is 2.78. The fourth-order valence-corrected chi connectivity index (χ4v) is 2.60. The Morgan fingerprint density at radius 1 is 1.13 bits per heavy atom. The van der Waals surface area contributed by atoms with E-state index in [2.05, 4.69) is 41.9 Å². The number of carbonyl (C=O) groups is 1. The molecule has 0 aliphatic rings. The van der Waals surface area contributed by atoms with E-state index in [9.17, 15) is 15.0 Å². The van der Waals surface area contributed by atoms with Gasteiger partial charge in [0, 0.05) is 20.1 Å². The molecule has 0 saturated carbocycles. The van der Waals surface area contributed by atoms with Crippen molar-refractivity contribution >= 4 is 5.97 Å². The largest absolute Gasteiger partial charge is 0.469 e. The molecule has 0 spiro atoms. The van der Waals surface area contributed by atoms with Crippen LogP contribution in [0.3, 0.4) is 0 Å². The van der Waals surface area contributed by atoms with Crippen LogP contribution < -0.4 is 0 Å². The molecule has 30 heavy (non-hydrogen) atoms. The first-order chi connectivity index (χ1) is 14.5. The van der Waals surface area contributed by atoms with Crippen LogP contribution in [0.2, 0.25) is 0 Å². The second-order valence-corrected chi connectivity index (χ2v) is 6.71. The molecule has 0 bridgehead atoms. The molecular weight excluding hydrogens is 384 g/mol. The molecule has 0 saturated heterocycles. The van der Waals surface area contributed by atoms with Crippen molar-refractivity contribution in [3.8, 4) is 23.7 Å². The van der Waals surface area contributed by atoms with Crippen molar-refractivity contribution < 1.29 is 29.2 Å². The third kappa shape index (κ3) is 14.0. The Balaban J connectivity index is 4.92. The number of hydrogen-bond donors (Lipinski definition) is 2. The van der Waals surface area contributed by atoms with Crippen LogP contribution in [0.4, 0.5) is 0 Å². The Labute approximate surface area is 181 Å². The zero-order valence-electron chi connectivity index (χ0n) is 18.4. The number of esters is 1. The summed E-state index contributed by atoms with van der Waals surface area (Å²) in [6, 6.07) is 0. The average Bonchev–Trinajstić information content (AvgIpc) is 2.75. The molecule has 0 rings (SSSR count). The Kier molecular flexibility index (Phi) is 17.6. The normalized spacial score (nSPS) is 14.6. The van der Waals surface area contributed by atoms with Crippen molar-refractivity contribution in [2.75, 3.05) is 20.8 Å². The maximum Gasteiger partial charge on any atom is 0.305 e. The molecule has 6 heteroatoms. The maximum absolute atomic E-state index is 11.2. The van der Waals surface area contributed by atoms with Gasteiger partial charge in [0.1, 0.15) is 18.3 Å². The summed E-state index contributed by atoms with van der Waals surface area (Å²) in [5.41, 5.74) is 0. The number of allylic oxidation sites excluding steroid dienone is 1. The average molecular weight is 421 g/mol. The van der Waals surface area contributed by atoms with Gasteiger partial charge in [-0.3, -0.25) is 4.79 Å². The molecule has 0 radical (unpaired) electrons. The van der Waals surface area contributed by atoms with Crippen molar-refractivity contribution in [1.29, 1.82) is 0 Å². The minimum Gasteiger partial charge on any atom is -0.469 e. The van der Waals surface area contributed by atoms with Crippen molar-refractivity contribution in [3.63, 3.8) is 0 Å². The number of rotatable bonds is 15. The van der Waals surface area contributed by atoms with Crippen molar-refractivity contribution in [2.24, 2.45) is 0 Å². The fourth-order valence-electron chi connectivity index (χ4n) is 2.60. The highest BCUT2D eigenvalue weighted by Crippen LogP contribution is 2.16. The van der Waals surface area contributed by atoms with Gasteiger partial charge in [-0.05, 0) is 43.3 Å². The van der Waals surface area contributed by atoms with Gasteiger partial charge in [-0.1, -0.05) is 50.7 Å². The van der Waals surface area contributed by atoms with Gasteiger partial charge < -0.3 is 24.4 Å². The number of aliphatic hydroxyl groups excluding tert-OH is 2. The van der Waals surface area contributed by atoms with E-state index < -0.39 is 24.4 Å². The number of carbonyl (C=O) groups excluding carboxylic acids is 1. The highest BCUT2D eigenvalue weighted by atomic mass is 16.5. The first kappa shape index (κ1) is 27.9. The highest BCUT2D eigenvalue weighted by Gasteiger charge is 2.27. The third-order valence-corrected chi connectivity index (χ3v) is 4.34. The summed E-state index contributed by atoms with van der Waals surface area (Å²) in [6.07, 6.45) is 7.32. The summed E-state index contributed by atoms with van der Waals surface area (Å²) in [7, 11) is 2.92. The molecule has 0 aromatic heterocycles. The smallest absolute Gasteiger partial charge is 0.305 e. The van der Waals surface area contributed by atoms with E-state index >= 15 is 0 Å². The zero-order chi connectivity index (χ0) is 22.6. The van der Waals surface area contributed by atoms with Gasteiger partial charge in [0.05, 0.1) is 13.2 Å². The first-order valence-electron chi connectivity index (χ1n) is 10.4. The van der Waals surface area contributed by atoms with Crippen LogP contribution in [-0.2, 0) is 19.0 Å². The second kappa shape index (κ2) is 18.9. The lowest BCUT2D eigenvalue weighted by atomic mass is 10.0. The van der Waals surface area contributed by atoms with Crippen LogP contribution in [0.5, 0.6) is 0 Å². The van der Waals surface area contributed by atoms with Crippen LogP contribution in [0.1, 0.15) is 51.9 Å². The summed E-state index contributed by atoms with van der Waals surface area (Å²) in [4.78, 5) is 11.2. The van der Waals surface area contributed by atoms with Gasteiger partial charge in [0.15, 0.2) is 0 Å². The molecule has 0 fully saturated rings. The number of ether oxygens (including phenoxy) is 3. The minimum absolute atomic E-state index is 0.244. The van der Waals surface area contributed by atoms with Gasteiger partial charge >= 0.3 is 5.97 Å². The van der Waals surface area contributed by atoms with Crippen LogP contribution in [0.25, 0.3) is 0 Å². The first-order valence-corrected chi connectivity index (χ1v) is 10.4. The molecule has 0 aromatic rings. The van der Waals surface area contributed by atoms with Crippen LogP contribution >= 0.6 is 0 Å². The van der Waals surface area contributed by atoms with Crippen molar-refractivity contribution in [1.82, 2.24) is 0 Å². The summed E-state index contributed by atoms with van der Waals surface area (Å²) >= 11 is 0. The van der Waals surface area contributed by atoms with Crippen LogP contribution in [-0.4, -0.2) is 61.4 Å². The molecule has 0 aliphatic heterocycles. The van der Waals surface area contributed by atoms with E-state index in [1.54, 1.807) is 19.3 Å². The zero-order valence-corrected chi connectivity index (χ0v) is 18.4. The fraction of sp³-hybridized carbons (Fsp3) is 0.625. The van der Waals surface area contributed by atoms with Gasteiger partial charge in [0.2, 0.25) is 0 Å². The Morgan fingerprint density at radius 2 is 1.90 bits per heavy atom. The van der Waals surface area contributed by atoms with Crippen LogP contribution in [0, 0.1) is 23.7 Å². The maximum atomic E-state index is 11.2. The number of methoxy groups -OCH3 is 2. The molecule has 2 N–H and O–H groups in total. The number of hydrogen-bond acceptors (Lipinski definition) is 6. The second-order valence-electron chi connectivity index (χ2n) is 6.71. The standard InChI is InChI=1S/C24H36O6/c1-5-7-10-16-21(26)24(30-19-14-13-18-23(27)29-4)22(28-3)17-12-9-8-11-15-20(25)6-2/h6,12,17,20-22,24-26H,2,5,7,10,13-14,16,18-19H2,1,3-4H3. The quantitative estimate of drug-likeness (QED) is 0.183. The van der Waals surface area contributed by atoms with E-state index in [-0.39, 0.29) is 5.97 Å². The predicted molar refractivity (Wildman–Crippen MR) is 117 cm³/mol. The number of aliphatic hydroxyl groups is 2. The molecular formula is C24H36O6. The highest BCUT2D eigenvalue weighted by molar-refractivity contribution is 5.68. The molecule has 0 aromatic carbocycles.